The number of ether oxygens (including phenoxy) is 2. The molecule has 41 heavy (non-hydrogen) atoms. The number of piperidine rings is 1. The Morgan fingerprint density at radius 2 is 1.66 bits per heavy atom. The van der Waals surface area contributed by atoms with Gasteiger partial charge in [-0.15, -0.1) is 0 Å². The van der Waals surface area contributed by atoms with E-state index in [1.165, 1.54) is 0 Å². The maximum absolute atomic E-state index is 13.5. The maximum Gasteiger partial charge on any atom is 0.255 e. The first-order valence-corrected chi connectivity index (χ1v) is 15.0. The predicted octanol–water partition coefficient (Wildman–Crippen LogP) is 3.38. The van der Waals surface area contributed by atoms with Gasteiger partial charge in [-0.05, 0) is 63.4 Å². The van der Waals surface area contributed by atoms with Crippen LogP contribution in [0.4, 0.5) is 0 Å². The highest BCUT2D eigenvalue weighted by molar-refractivity contribution is 5.96. The van der Waals surface area contributed by atoms with E-state index in [0.29, 0.717) is 50.6 Å². The van der Waals surface area contributed by atoms with Crippen molar-refractivity contribution >= 4 is 17.7 Å². The molecule has 0 atom stereocenters. The zero-order valence-electron chi connectivity index (χ0n) is 23.9. The monoisotopic (exact) mass is 562 g/mol. The smallest absolute Gasteiger partial charge is 0.255 e. The van der Waals surface area contributed by atoms with Crippen molar-refractivity contribution in [1.82, 2.24) is 20.4 Å². The zero-order valence-corrected chi connectivity index (χ0v) is 23.9. The normalized spacial score (nSPS) is 20.5. The second-order valence-corrected chi connectivity index (χ2v) is 11.3. The van der Waals surface area contributed by atoms with Crippen molar-refractivity contribution in [2.24, 2.45) is 5.41 Å². The Balaban J connectivity index is 1.16. The lowest BCUT2D eigenvalue weighted by Gasteiger charge is -2.41. The van der Waals surface area contributed by atoms with Gasteiger partial charge in [-0.2, -0.15) is 0 Å². The molecule has 0 saturated carbocycles. The first-order valence-electron chi connectivity index (χ1n) is 15.0. The Labute approximate surface area is 242 Å². The van der Waals surface area contributed by atoms with Crippen molar-refractivity contribution in [3.05, 3.63) is 59.7 Å². The number of benzene rings is 2. The highest BCUT2D eigenvalue weighted by atomic mass is 16.5. The third kappa shape index (κ3) is 7.38. The third-order valence-electron chi connectivity index (χ3n) is 8.60. The van der Waals surface area contributed by atoms with E-state index < -0.39 is 5.41 Å². The maximum atomic E-state index is 13.5. The van der Waals surface area contributed by atoms with Gasteiger partial charge in [0.25, 0.3) is 5.91 Å². The molecular weight excluding hydrogens is 520 g/mol. The number of hydrogen-bond donors (Lipinski definition) is 2. The Morgan fingerprint density at radius 3 is 2.49 bits per heavy atom. The lowest BCUT2D eigenvalue weighted by atomic mass is 9.73. The highest BCUT2D eigenvalue weighted by Crippen LogP contribution is 2.38. The van der Waals surface area contributed by atoms with Crippen LogP contribution < -0.4 is 20.1 Å². The quantitative estimate of drug-likeness (QED) is 0.560. The van der Waals surface area contributed by atoms with Gasteiger partial charge >= 0.3 is 0 Å². The van der Waals surface area contributed by atoms with E-state index in [2.05, 4.69) is 21.6 Å². The molecule has 2 fully saturated rings. The van der Waals surface area contributed by atoms with E-state index in [1.54, 1.807) is 12.1 Å². The van der Waals surface area contributed by atoms with E-state index in [0.717, 1.165) is 76.0 Å². The molecule has 1 spiro atoms. The summed E-state index contributed by atoms with van der Waals surface area (Å²) in [5.41, 5.74) is 1.23. The van der Waals surface area contributed by atoms with Crippen molar-refractivity contribution in [1.29, 1.82) is 0 Å². The molecule has 220 valence electrons. The number of amides is 3. The molecule has 0 radical (unpaired) electrons. The van der Waals surface area contributed by atoms with E-state index in [4.69, 9.17) is 9.47 Å². The van der Waals surface area contributed by atoms with Crippen LogP contribution in [0, 0.1) is 5.41 Å². The molecule has 2 aromatic rings. The van der Waals surface area contributed by atoms with Crippen LogP contribution in [0.15, 0.2) is 48.5 Å². The molecule has 0 aromatic heterocycles. The number of hydrogen-bond acceptors (Lipinski definition) is 6. The topological polar surface area (TPSA) is 100 Å². The molecule has 3 heterocycles. The molecule has 0 bridgehead atoms. The molecule has 5 rings (SSSR count). The minimum Gasteiger partial charge on any atom is -0.491 e. The molecule has 2 aromatic carbocycles. The fraction of sp³-hybridized carbons (Fsp3) is 0.531. The molecule has 3 aliphatic heterocycles. The minimum absolute atomic E-state index is 0.107. The van der Waals surface area contributed by atoms with Gasteiger partial charge in [0.1, 0.15) is 24.7 Å². The van der Waals surface area contributed by atoms with Gasteiger partial charge in [-0.3, -0.25) is 19.3 Å². The Hall–Kier alpha value is -3.59. The fourth-order valence-corrected chi connectivity index (χ4v) is 6.13. The number of carbonyl (C=O) groups excluding carboxylic acids is 3. The largest absolute Gasteiger partial charge is 0.491 e. The summed E-state index contributed by atoms with van der Waals surface area (Å²) >= 11 is 0. The average molecular weight is 563 g/mol. The molecule has 0 unspecified atom stereocenters. The van der Waals surface area contributed by atoms with Gasteiger partial charge in [0.05, 0.1) is 24.1 Å². The average Bonchev–Trinajstić information content (AvgIpc) is 3.40. The molecular formula is C32H42N4O5. The first-order chi connectivity index (χ1) is 20.0. The van der Waals surface area contributed by atoms with E-state index >= 15 is 0 Å². The lowest BCUT2D eigenvalue weighted by molar-refractivity contribution is -0.134. The third-order valence-corrected chi connectivity index (χ3v) is 8.60. The van der Waals surface area contributed by atoms with Crippen LogP contribution in [0.3, 0.4) is 0 Å². The van der Waals surface area contributed by atoms with Gasteiger partial charge < -0.3 is 25.0 Å². The summed E-state index contributed by atoms with van der Waals surface area (Å²) in [6.45, 7) is 5.61. The highest BCUT2D eigenvalue weighted by Gasteiger charge is 2.40. The zero-order chi connectivity index (χ0) is 28.5. The molecule has 9 nitrogen and oxygen atoms in total. The first kappa shape index (κ1) is 28.9. The van der Waals surface area contributed by atoms with Crippen molar-refractivity contribution in [3.63, 3.8) is 0 Å². The van der Waals surface area contributed by atoms with Crippen LogP contribution in [-0.4, -0.2) is 80.0 Å². The molecule has 3 amide bonds. The Bertz CT molecular complexity index is 1210. The van der Waals surface area contributed by atoms with Gasteiger partial charge in [0.2, 0.25) is 11.8 Å². The molecule has 2 saturated heterocycles. The predicted molar refractivity (Wildman–Crippen MR) is 156 cm³/mol. The molecule has 0 aliphatic carbocycles. The number of likely N-dealkylation sites (tertiary alicyclic amines) is 2. The van der Waals surface area contributed by atoms with Gasteiger partial charge in [0.15, 0.2) is 0 Å². The van der Waals surface area contributed by atoms with Crippen LogP contribution in [0.25, 0.3) is 0 Å². The van der Waals surface area contributed by atoms with E-state index in [-0.39, 0.29) is 17.7 Å². The van der Waals surface area contributed by atoms with Crippen LogP contribution in [0.5, 0.6) is 11.5 Å². The van der Waals surface area contributed by atoms with Crippen LogP contribution >= 0.6 is 0 Å². The summed E-state index contributed by atoms with van der Waals surface area (Å²) in [7, 11) is 0. The Morgan fingerprint density at radius 1 is 0.854 bits per heavy atom. The molecule has 9 heteroatoms. The van der Waals surface area contributed by atoms with Gasteiger partial charge in [0, 0.05) is 31.6 Å². The van der Waals surface area contributed by atoms with Crippen molar-refractivity contribution in [3.8, 4) is 11.5 Å². The summed E-state index contributed by atoms with van der Waals surface area (Å²) in [5, 5.41) is 6.14. The van der Waals surface area contributed by atoms with E-state index in [9.17, 15) is 14.4 Å². The number of nitrogens with one attached hydrogen (secondary N) is 2. The summed E-state index contributed by atoms with van der Waals surface area (Å²) < 4.78 is 12.0. The SMILES string of the molecule is O=C1NCCCCC2(CCN(Cc3ccccc3OCCN3CCCC3=O)CC2)C(=O)NCCOc2ccccc21. The minimum atomic E-state index is -0.416. The lowest BCUT2D eigenvalue weighted by Crippen LogP contribution is -2.49. The fourth-order valence-electron chi connectivity index (χ4n) is 6.13. The van der Waals surface area contributed by atoms with Crippen molar-refractivity contribution < 1.29 is 23.9 Å². The van der Waals surface area contributed by atoms with Crippen molar-refractivity contribution in [2.45, 2.75) is 51.5 Å². The summed E-state index contributed by atoms with van der Waals surface area (Å²) in [4.78, 5) is 42.4. The van der Waals surface area contributed by atoms with Gasteiger partial charge in [-0.25, -0.2) is 0 Å². The number of nitrogens with zero attached hydrogens (tertiary/aromatic N) is 2. The summed E-state index contributed by atoms with van der Waals surface area (Å²) in [6, 6.07) is 15.3. The molecule has 2 N–H and O–H groups in total. The number of carbonyl (C=O) groups is 3. The van der Waals surface area contributed by atoms with Crippen LogP contribution in [-0.2, 0) is 16.1 Å². The van der Waals surface area contributed by atoms with E-state index in [1.807, 2.05) is 35.2 Å². The number of fused-ring (bicyclic) bond motifs is 1. The second-order valence-electron chi connectivity index (χ2n) is 11.3. The Kier molecular flexibility index (Phi) is 9.77. The molecule has 3 aliphatic rings. The van der Waals surface area contributed by atoms with Crippen LogP contribution in [0.1, 0.15) is 60.9 Å². The second kappa shape index (κ2) is 13.9. The summed E-state index contributed by atoms with van der Waals surface area (Å²) in [6.07, 6.45) is 5.65. The van der Waals surface area contributed by atoms with Crippen LogP contribution in [0.2, 0.25) is 0 Å². The number of para-hydroxylation sites is 2. The standard InChI is InChI=1S/C32H42N4O5/c37-29-12-7-18-36(29)21-23-41-27-10-3-1-8-25(27)24-35-19-14-32(15-20-35)13-5-6-16-33-30(38)26-9-2-4-11-28(26)40-22-17-34-31(32)39/h1-4,8-11H,5-7,12-24H2,(H,33,38)(H,34,39). The van der Waals surface area contributed by atoms with Crippen molar-refractivity contribution in [2.75, 3.05) is 52.5 Å². The number of rotatable bonds is 6. The van der Waals surface area contributed by atoms with Gasteiger partial charge in [-0.1, -0.05) is 36.8 Å². The summed E-state index contributed by atoms with van der Waals surface area (Å²) in [5.74, 6) is 1.59.